The second-order valence-corrected chi connectivity index (χ2v) is 8.22. The number of anilines is 1. The molecular weight excluding hydrogens is 439 g/mol. The lowest BCUT2D eigenvalue weighted by atomic mass is 10.2. The van der Waals surface area contributed by atoms with Crippen LogP contribution >= 0.6 is 0 Å². The highest BCUT2D eigenvalue weighted by atomic mass is 19.1. The van der Waals surface area contributed by atoms with Crippen molar-refractivity contribution >= 4 is 22.6 Å². The standard InChI is InChI=1S/C24H25FN6O3/c25-17-6-4-16(5-7-17)24-29-23(34-30-24)3-1-2-22(32)26-18-8-9-19-20(14-18)28-21(27-19)15-31-10-12-33-13-11-31/h4-9,14H,1-3,10-13,15H2,(H,26,32)(H,27,28). The number of nitrogens with one attached hydrogen (secondary N) is 2. The number of nitrogens with zero attached hydrogens (tertiary/aromatic N) is 4. The molecule has 1 amide bonds. The van der Waals surface area contributed by atoms with Crippen molar-refractivity contribution in [2.24, 2.45) is 0 Å². The summed E-state index contributed by atoms with van der Waals surface area (Å²) in [6.07, 6.45) is 1.36. The van der Waals surface area contributed by atoms with Crippen LogP contribution in [0.3, 0.4) is 0 Å². The molecule has 9 nitrogen and oxygen atoms in total. The van der Waals surface area contributed by atoms with Crippen LogP contribution in [0.5, 0.6) is 0 Å². The molecule has 1 aliphatic rings. The number of ether oxygens (including phenoxy) is 1. The van der Waals surface area contributed by atoms with Crippen molar-refractivity contribution in [1.29, 1.82) is 0 Å². The monoisotopic (exact) mass is 464 g/mol. The van der Waals surface area contributed by atoms with Gasteiger partial charge in [-0.25, -0.2) is 9.37 Å². The van der Waals surface area contributed by atoms with Gasteiger partial charge < -0.3 is 19.6 Å². The Labute approximate surface area is 195 Å². The van der Waals surface area contributed by atoms with E-state index in [0.29, 0.717) is 36.5 Å². The SMILES string of the molecule is O=C(CCCc1nc(-c2ccc(F)cc2)no1)Nc1ccc2nc(CN3CCOCC3)[nH]c2c1. The number of hydrogen-bond donors (Lipinski definition) is 2. The minimum Gasteiger partial charge on any atom is -0.379 e. The highest BCUT2D eigenvalue weighted by Crippen LogP contribution is 2.20. The van der Waals surface area contributed by atoms with Gasteiger partial charge >= 0.3 is 0 Å². The topological polar surface area (TPSA) is 109 Å². The Morgan fingerprint density at radius 2 is 1.94 bits per heavy atom. The van der Waals surface area contributed by atoms with Crippen LogP contribution in [0.15, 0.2) is 47.0 Å². The number of morpholine rings is 1. The molecule has 0 saturated carbocycles. The summed E-state index contributed by atoms with van der Waals surface area (Å²) >= 11 is 0. The molecule has 3 heterocycles. The summed E-state index contributed by atoms with van der Waals surface area (Å²) in [6.45, 7) is 4.04. The van der Waals surface area contributed by atoms with Crippen molar-refractivity contribution in [2.75, 3.05) is 31.6 Å². The van der Waals surface area contributed by atoms with Gasteiger partial charge in [-0.05, 0) is 48.9 Å². The Balaban J connectivity index is 1.12. The van der Waals surface area contributed by atoms with Gasteiger partial charge in [0.2, 0.25) is 17.6 Å². The summed E-state index contributed by atoms with van der Waals surface area (Å²) in [7, 11) is 0. The van der Waals surface area contributed by atoms with E-state index in [1.807, 2.05) is 18.2 Å². The number of H-pyrrole nitrogens is 1. The number of halogens is 1. The highest BCUT2D eigenvalue weighted by molar-refractivity contribution is 5.93. The normalized spacial score (nSPS) is 14.5. The molecule has 0 bridgehead atoms. The second-order valence-electron chi connectivity index (χ2n) is 8.22. The number of aryl methyl sites for hydroxylation is 1. The number of benzene rings is 2. The van der Waals surface area contributed by atoms with Gasteiger partial charge in [-0.2, -0.15) is 4.98 Å². The molecule has 2 aromatic heterocycles. The number of amides is 1. The van der Waals surface area contributed by atoms with Crippen molar-refractivity contribution in [3.63, 3.8) is 0 Å². The molecule has 10 heteroatoms. The van der Waals surface area contributed by atoms with E-state index in [9.17, 15) is 9.18 Å². The molecule has 2 aromatic carbocycles. The third-order valence-corrected chi connectivity index (χ3v) is 5.66. The summed E-state index contributed by atoms with van der Waals surface area (Å²) in [4.78, 5) is 27.0. The van der Waals surface area contributed by atoms with E-state index in [4.69, 9.17) is 9.26 Å². The van der Waals surface area contributed by atoms with E-state index in [1.54, 1.807) is 12.1 Å². The average molecular weight is 465 g/mol. The van der Waals surface area contributed by atoms with Gasteiger partial charge in [-0.15, -0.1) is 0 Å². The van der Waals surface area contributed by atoms with Gasteiger partial charge in [0.25, 0.3) is 0 Å². The van der Waals surface area contributed by atoms with Gasteiger partial charge in [0, 0.05) is 37.2 Å². The predicted molar refractivity (Wildman–Crippen MR) is 123 cm³/mol. The fraction of sp³-hybridized carbons (Fsp3) is 0.333. The molecule has 176 valence electrons. The molecule has 0 unspecified atom stereocenters. The Hall–Kier alpha value is -3.63. The first kappa shape index (κ1) is 22.2. The summed E-state index contributed by atoms with van der Waals surface area (Å²) in [5.74, 6) is 1.34. The predicted octanol–water partition coefficient (Wildman–Crippen LogP) is 3.55. The summed E-state index contributed by atoms with van der Waals surface area (Å²) in [6, 6.07) is 11.5. The zero-order chi connectivity index (χ0) is 23.3. The van der Waals surface area contributed by atoms with Crippen molar-refractivity contribution in [2.45, 2.75) is 25.8 Å². The molecule has 1 fully saturated rings. The minimum absolute atomic E-state index is 0.0920. The lowest BCUT2D eigenvalue weighted by molar-refractivity contribution is -0.116. The Morgan fingerprint density at radius 1 is 1.12 bits per heavy atom. The van der Waals surface area contributed by atoms with E-state index in [2.05, 4.69) is 30.3 Å². The number of aromatic nitrogens is 4. The minimum atomic E-state index is -0.321. The summed E-state index contributed by atoms with van der Waals surface area (Å²) < 4.78 is 23.7. The quantitative estimate of drug-likeness (QED) is 0.410. The highest BCUT2D eigenvalue weighted by Gasteiger charge is 2.14. The maximum Gasteiger partial charge on any atom is 0.226 e. The number of rotatable bonds is 8. The van der Waals surface area contributed by atoms with Crippen LogP contribution in [-0.2, 0) is 22.5 Å². The summed E-state index contributed by atoms with van der Waals surface area (Å²) in [5.41, 5.74) is 3.15. The Bertz CT molecular complexity index is 1260. The number of fused-ring (bicyclic) bond motifs is 1. The van der Waals surface area contributed by atoms with Crippen LogP contribution in [0.4, 0.5) is 10.1 Å². The molecule has 0 atom stereocenters. The van der Waals surface area contributed by atoms with E-state index >= 15 is 0 Å². The smallest absolute Gasteiger partial charge is 0.226 e. The largest absolute Gasteiger partial charge is 0.379 e. The molecule has 34 heavy (non-hydrogen) atoms. The number of carbonyl (C=O) groups is 1. The van der Waals surface area contributed by atoms with Crippen molar-refractivity contribution in [3.8, 4) is 11.4 Å². The molecule has 2 N–H and O–H groups in total. The molecule has 1 saturated heterocycles. The maximum atomic E-state index is 13.1. The fourth-order valence-corrected chi connectivity index (χ4v) is 3.88. The second kappa shape index (κ2) is 10.1. The van der Waals surface area contributed by atoms with Crippen LogP contribution in [0.1, 0.15) is 24.6 Å². The maximum absolute atomic E-state index is 13.1. The molecule has 5 rings (SSSR count). The Morgan fingerprint density at radius 3 is 2.76 bits per heavy atom. The van der Waals surface area contributed by atoms with E-state index < -0.39 is 0 Å². The van der Waals surface area contributed by atoms with Gasteiger partial charge in [0.15, 0.2) is 0 Å². The van der Waals surface area contributed by atoms with Crippen LogP contribution < -0.4 is 5.32 Å². The van der Waals surface area contributed by atoms with Crippen LogP contribution in [0.2, 0.25) is 0 Å². The average Bonchev–Trinajstić information content (AvgIpc) is 3.47. The van der Waals surface area contributed by atoms with Gasteiger partial charge in [0.05, 0.1) is 30.8 Å². The first-order chi connectivity index (χ1) is 16.6. The van der Waals surface area contributed by atoms with Crippen molar-refractivity contribution in [3.05, 3.63) is 60.0 Å². The lowest BCUT2D eigenvalue weighted by Gasteiger charge is -2.25. The van der Waals surface area contributed by atoms with Gasteiger partial charge in [-0.3, -0.25) is 9.69 Å². The van der Waals surface area contributed by atoms with Crippen LogP contribution in [0.25, 0.3) is 22.4 Å². The van der Waals surface area contributed by atoms with Crippen LogP contribution in [0, 0.1) is 5.82 Å². The first-order valence-corrected chi connectivity index (χ1v) is 11.3. The van der Waals surface area contributed by atoms with E-state index in [-0.39, 0.29) is 11.7 Å². The molecular formula is C24H25FN6O3. The molecule has 4 aromatic rings. The van der Waals surface area contributed by atoms with E-state index in [0.717, 1.165) is 55.4 Å². The number of carbonyl (C=O) groups excluding carboxylic acids is 1. The van der Waals surface area contributed by atoms with Gasteiger partial charge in [0.1, 0.15) is 11.6 Å². The molecule has 1 aliphatic heterocycles. The van der Waals surface area contributed by atoms with Gasteiger partial charge in [-0.1, -0.05) is 5.16 Å². The number of aromatic amines is 1. The fourth-order valence-electron chi connectivity index (χ4n) is 3.88. The third-order valence-electron chi connectivity index (χ3n) is 5.66. The zero-order valence-corrected chi connectivity index (χ0v) is 18.6. The summed E-state index contributed by atoms with van der Waals surface area (Å²) in [5, 5.41) is 6.85. The third kappa shape index (κ3) is 5.46. The molecule has 0 aliphatic carbocycles. The van der Waals surface area contributed by atoms with E-state index in [1.165, 1.54) is 12.1 Å². The van der Waals surface area contributed by atoms with Crippen molar-refractivity contribution < 1.29 is 18.4 Å². The van der Waals surface area contributed by atoms with Crippen LogP contribution in [-0.4, -0.2) is 57.2 Å². The van der Waals surface area contributed by atoms with Crippen molar-refractivity contribution in [1.82, 2.24) is 25.0 Å². The molecule has 0 spiro atoms. The zero-order valence-electron chi connectivity index (χ0n) is 18.6. The number of hydrogen-bond acceptors (Lipinski definition) is 7. The first-order valence-electron chi connectivity index (χ1n) is 11.3. The Kier molecular flexibility index (Phi) is 6.59. The lowest BCUT2D eigenvalue weighted by Crippen LogP contribution is -2.35. The molecule has 0 radical (unpaired) electrons. The number of imidazole rings is 1.